The van der Waals surface area contributed by atoms with Gasteiger partial charge in [0.05, 0.1) is 4.90 Å². The Hall–Kier alpha value is -0.520. The molecule has 0 amide bonds. The number of halogens is 4. The molecular weight excluding hydrogens is 430 g/mol. The van der Waals surface area contributed by atoms with Crippen molar-refractivity contribution in [3.63, 3.8) is 0 Å². The lowest BCUT2D eigenvalue weighted by atomic mass is 10.00. The molecule has 0 N–H and O–H groups in total. The average Bonchev–Trinajstić information content (AvgIpc) is 2.39. The van der Waals surface area contributed by atoms with Gasteiger partial charge in [-0.2, -0.15) is 0 Å². The molecule has 0 radical (unpaired) electrons. The van der Waals surface area contributed by atoms with Gasteiger partial charge < -0.3 is 0 Å². The number of hydrogen-bond donors (Lipinski definition) is 0. The first-order valence-electron chi connectivity index (χ1n) is 6.01. The molecule has 0 aliphatic heterocycles. The van der Waals surface area contributed by atoms with E-state index < -0.39 is 9.84 Å². The molecule has 0 saturated heterocycles. The second-order valence-corrected chi connectivity index (χ2v) is 8.78. The maximum absolute atomic E-state index is 11.7. The minimum Gasteiger partial charge on any atom is -0.224 e. The van der Waals surface area contributed by atoms with Crippen LogP contribution in [0.25, 0.3) is 5.57 Å². The van der Waals surface area contributed by atoms with Gasteiger partial charge in [-0.05, 0) is 51.3 Å². The number of hydrogen-bond acceptors (Lipinski definition) is 2. The van der Waals surface area contributed by atoms with E-state index in [-0.39, 0.29) is 9.39 Å². The first-order valence-corrected chi connectivity index (χ1v) is 9.83. The predicted molar refractivity (Wildman–Crippen MR) is 96.4 cm³/mol. The van der Waals surface area contributed by atoms with E-state index in [1.807, 2.05) is 0 Å². The molecule has 22 heavy (non-hydrogen) atoms. The van der Waals surface area contributed by atoms with E-state index >= 15 is 0 Å². The second kappa shape index (κ2) is 6.93. The van der Waals surface area contributed by atoms with Crippen LogP contribution in [0.4, 0.5) is 0 Å². The summed E-state index contributed by atoms with van der Waals surface area (Å²) in [5.74, 6) is 0. The van der Waals surface area contributed by atoms with Crippen LogP contribution in [0.1, 0.15) is 11.1 Å². The minimum atomic E-state index is -3.31. The van der Waals surface area contributed by atoms with Crippen molar-refractivity contribution in [3.05, 3.63) is 67.6 Å². The summed E-state index contributed by atoms with van der Waals surface area (Å²) in [7, 11) is -3.31. The fourth-order valence-electron chi connectivity index (χ4n) is 1.96. The molecule has 0 spiro atoms. The van der Waals surface area contributed by atoms with Crippen LogP contribution in [-0.4, -0.2) is 14.7 Å². The fourth-order valence-corrected chi connectivity index (χ4v) is 4.51. The lowest BCUT2D eigenvalue weighted by Gasteiger charge is -2.11. The van der Waals surface area contributed by atoms with Gasteiger partial charge in [-0.25, -0.2) is 8.42 Å². The summed E-state index contributed by atoms with van der Waals surface area (Å²) in [6, 6.07) is 11.9. The van der Waals surface area contributed by atoms with Gasteiger partial charge >= 0.3 is 0 Å². The summed E-state index contributed by atoms with van der Waals surface area (Å²) in [5, 5.41) is 0.599. The summed E-state index contributed by atoms with van der Waals surface area (Å²) >= 11 is 21.2. The van der Waals surface area contributed by atoms with Crippen molar-refractivity contribution >= 4 is 66.1 Å². The van der Waals surface area contributed by atoms with Gasteiger partial charge in [0.1, 0.15) is 4.49 Å². The summed E-state index contributed by atoms with van der Waals surface area (Å²) in [5.41, 5.74) is 2.07. The molecule has 116 valence electrons. The van der Waals surface area contributed by atoms with Crippen molar-refractivity contribution in [3.8, 4) is 0 Å². The highest BCUT2D eigenvalue weighted by atomic mass is 79.9. The molecule has 2 nitrogen and oxygen atoms in total. The van der Waals surface area contributed by atoms with Crippen LogP contribution in [0.2, 0.25) is 5.02 Å². The standard InChI is InChI=1S/C15H10BrCl3O2S/c1-22(20,21)13-7-4-10(8-12(13)16)14(15(18)19)9-2-5-11(17)6-3-9/h2-8H,1H3. The van der Waals surface area contributed by atoms with Crippen LogP contribution in [-0.2, 0) is 9.84 Å². The second-order valence-electron chi connectivity index (χ2n) is 4.56. The molecule has 0 unspecified atom stereocenters. The van der Waals surface area contributed by atoms with E-state index in [0.717, 1.165) is 11.8 Å². The third-order valence-electron chi connectivity index (χ3n) is 2.94. The monoisotopic (exact) mass is 438 g/mol. The molecule has 0 aromatic heterocycles. The van der Waals surface area contributed by atoms with Gasteiger partial charge in [-0.1, -0.05) is 53.0 Å². The summed E-state index contributed by atoms with van der Waals surface area (Å²) in [6.45, 7) is 0. The Kier molecular flexibility index (Phi) is 5.62. The largest absolute Gasteiger partial charge is 0.224 e. The molecule has 2 rings (SSSR count). The molecule has 2 aromatic rings. The van der Waals surface area contributed by atoms with Crippen LogP contribution in [0.15, 0.2) is 56.3 Å². The molecule has 2 aromatic carbocycles. The summed E-state index contributed by atoms with van der Waals surface area (Å²) < 4.78 is 23.9. The highest BCUT2D eigenvalue weighted by Gasteiger charge is 2.15. The van der Waals surface area contributed by atoms with E-state index in [1.54, 1.807) is 36.4 Å². The Morgan fingerprint density at radius 1 is 1.00 bits per heavy atom. The number of rotatable bonds is 3. The van der Waals surface area contributed by atoms with Gasteiger partial charge in [0.2, 0.25) is 0 Å². The third-order valence-corrected chi connectivity index (χ3v) is 5.65. The van der Waals surface area contributed by atoms with Crippen LogP contribution < -0.4 is 0 Å². The Labute approximate surface area is 152 Å². The zero-order valence-corrected chi connectivity index (χ0v) is 15.9. The van der Waals surface area contributed by atoms with Crippen molar-refractivity contribution in [2.45, 2.75) is 4.90 Å². The average molecular weight is 441 g/mol. The quantitative estimate of drug-likeness (QED) is 0.613. The molecule has 0 saturated carbocycles. The smallest absolute Gasteiger partial charge is 0.176 e. The first kappa shape index (κ1) is 17.8. The SMILES string of the molecule is CS(=O)(=O)c1ccc(C(=C(Cl)Cl)c2ccc(Cl)cc2)cc1Br. The molecule has 0 heterocycles. The molecule has 7 heteroatoms. The molecular formula is C15H10BrCl3O2S. The first-order chi connectivity index (χ1) is 10.2. The van der Waals surface area contributed by atoms with Gasteiger partial charge in [-0.3, -0.25) is 0 Å². The van der Waals surface area contributed by atoms with Crippen LogP contribution >= 0.6 is 50.7 Å². The molecule has 0 atom stereocenters. The van der Waals surface area contributed by atoms with Gasteiger partial charge in [0, 0.05) is 21.3 Å². The van der Waals surface area contributed by atoms with Crippen LogP contribution in [0.3, 0.4) is 0 Å². The highest BCUT2D eigenvalue weighted by molar-refractivity contribution is 9.10. The van der Waals surface area contributed by atoms with E-state index in [4.69, 9.17) is 34.8 Å². The topological polar surface area (TPSA) is 34.1 Å². The third kappa shape index (κ3) is 4.06. The van der Waals surface area contributed by atoms with Gasteiger partial charge in [0.15, 0.2) is 9.84 Å². The Morgan fingerprint density at radius 2 is 1.55 bits per heavy atom. The van der Waals surface area contributed by atoms with Gasteiger partial charge in [0.25, 0.3) is 0 Å². The van der Waals surface area contributed by atoms with Gasteiger partial charge in [-0.15, -0.1) is 0 Å². The molecule has 0 bridgehead atoms. The van der Waals surface area contributed by atoms with Crippen molar-refractivity contribution in [1.82, 2.24) is 0 Å². The number of sulfone groups is 1. The fraction of sp³-hybridized carbons (Fsp3) is 0.0667. The lowest BCUT2D eigenvalue weighted by Crippen LogP contribution is -1.99. The summed E-state index contributed by atoms with van der Waals surface area (Å²) in [4.78, 5) is 0.206. The Bertz CT molecular complexity index is 840. The van der Waals surface area contributed by atoms with E-state index in [1.165, 1.54) is 6.07 Å². The van der Waals surface area contributed by atoms with Crippen LogP contribution in [0, 0.1) is 0 Å². The van der Waals surface area contributed by atoms with Crippen LogP contribution in [0.5, 0.6) is 0 Å². The number of benzene rings is 2. The normalized spacial score (nSPS) is 11.3. The van der Waals surface area contributed by atoms with Crippen molar-refractivity contribution in [2.24, 2.45) is 0 Å². The minimum absolute atomic E-state index is 0.0846. The maximum atomic E-state index is 11.7. The predicted octanol–water partition coefficient (Wildman–Crippen LogP) is 5.70. The summed E-state index contributed by atoms with van der Waals surface area (Å²) in [6.07, 6.45) is 1.15. The maximum Gasteiger partial charge on any atom is 0.176 e. The highest BCUT2D eigenvalue weighted by Crippen LogP contribution is 2.34. The zero-order valence-electron chi connectivity index (χ0n) is 11.3. The Balaban J connectivity index is 2.59. The van der Waals surface area contributed by atoms with E-state index in [0.29, 0.717) is 20.6 Å². The molecule has 0 aliphatic carbocycles. The van der Waals surface area contributed by atoms with E-state index in [2.05, 4.69) is 15.9 Å². The Morgan fingerprint density at radius 3 is 2.00 bits per heavy atom. The zero-order chi connectivity index (χ0) is 16.5. The molecule has 0 fully saturated rings. The van der Waals surface area contributed by atoms with Crippen molar-refractivity contribution in [1.29, 1.82) is 0 Å². The lowest BCUT2D eigenvalue weighted by molar-refractivity contribution is 0.601. The van der Waals surface area contributed by atoms with E-state index in [9.17, 15) is 8.42 Å². The molecule has 0 aliphatic rings. The van der Waals surface area contributed by atoms with Crippen molar-refractivity contribution < 1.29 is 8.42 Å². The van der Waals surface area contributed by atoms with Crippen molar-refractivity contribution in [2.75, 3.05) is 6.26 Å².